The van der Waals surface area contributed by atoms with Gasteiger partial charge in [0.25, 0.3) is 10.0 Å². The lowest BCUT2D eigenvalue weighted by molar-refractivity contribution is -0.140. The highest BCUT2D eigenvalue weighted by Gasteiger charge is 2.34. The maximum Gasteiger partial charge on any atom is 0.264 e. The number of carbonyl (C=O) groups excluding carboxylic acids is 2. The van der Waals surface area contributed by atoms with E-state index < -0.39 is 28.5 Å². The van der Waals surface area contributed by atoms with Gasteiger partial charge in [0.1, 0.15) is 12.6 Å². The Kier molecular flexibility index (Phi) is 11.7. The number of halogens is 1. The van der Waals surface area contributed by atoms with Gasteiger partial charge in [-0.2, -0.15) is 0 Å². The molecule has 7 nitrogen and oxygen atoms in total. The van der Waals surface area contributed by atoms with Crippen molar-refractivity contribution in [2.24, 2.45) is 5.92 Å². The Morgan fingerprint density at radius 3 is 2.11 bits per heavy atom. The number of nitrogens with one attached hydrogen (secondary N) is 1. The van der Waals surface area contributed by atoms with Gasteiger partial charge in [0, 0.05) is 24.5 Å². The minimum Gasteiger partial charge on any atom is -0.354 e. The summed E-state index contributed by atoms with van der Waals surface area (Å²) in [5.74, 6) is -0.622. The number of rotatable bonds is 13. The Labute approximate surface area is 278 Å². The van der Waals surface area contributed by atoms with Crippen molar-refractivity contribution in [1.29, 1.82) is 0 Å². The van der Waals surface area contributed by atoms with Crippen molar-refractivity contribution >= 4 is 39.1 Å². The van der Waals surface area contributed by atoms with Gasteiger partial charge in [-0.25, -0.2) is 8.42 Å². The molecule has 0 spiro atoms. The first-order valence-corrected chi connectivity index (χ1v) is 17.2. The molecule has 9 heteroatoms. The third-order valence-electron chi connectivity index (χ3n) is 7.72. The molecule has 0 aromatic heterocycles. The monoisotopic (exact) mass is 659 g/mol. The number of nitrogens with zero attached hydrogens (tertiary/aromatic N) is 2. The van der Waals surface area contributed by atoms with Crippen LogP contribution in [0.4, 0.5) is 5.69 Å². The summed E-state index contributed by atoms with van der Waals surface area (Å²) in [6.45, 7) is 9.67. The molecule has 1 atom stereocenters. The minimum atomic E-state index is -4.21. The van der Waals surface area contributed by atoms with E-state index in [9.17, 15) is 18.0 Å². The molecule has 46 heavy (non-hydrogen) atoms. The Bertz CT molecular complexity index is 1760. The van der Waals surface area contributed by atoms with Crippen molar-refractivity contribution < 1.29 is 18.0 Å². The van der Waals surface area contributed by atoms with Crippen LogP contribution in [0.2, 0.25) is 5.02 Å². The molecule has 0 unspecified atom stereocenters. The smallest absolute Gasteiger partial charge is 0.264 e. The van der Waals surface area contributed by atoms with E-state index in [-0.39, 0.29) is 35.4 Å². The van der Waals surface area contributed by atoms with E-state index in [1.807, 2.05) is 89.2 Å². The van der Waals surface area contributed by atoms with Crippen molar-refractivity contribution in [2.45, 2.75) is 58.5 Å². The zero-order chi connectivity index (χ0) is 33.4. The number of anilines is 1. The number of hydrogen-bond acceptors (Lipinski definition) is 4. The molecule has 0 fully saturated rings. The predicted molar refractivity (Wildman–Crippen MR) is 185 cm³/mol. The van der Waals surface area contributed by atoms with Crippen LogP contribution in [-0.2, 0) is 32.6 Å². The maximum absolute atomic E-state index is 14.6. The molecule has 0 saturated heterocycles. The summed E-state index contributed by atoms with van der Waals surface area (Å²) in [6, 6.07) is 27.7. The van der Waals surface area contributed by atoms with Crippen LogP contribution in [0, 0.1) is 26.7 Å². The molecule has 0 heterocycles. The largest absolute Gasteiger partial charge is 0.354 e. The Hall–Kier alpha value is -4.14. The molecule has 0 saturated carbocycles. The number of carbonyl (C=O) groups is 2. The van der Waals surface area contributed by atoms with Gasteiger partial charge in [-0.15, -0.1) is 0 Å². The first-order chi connectivity index (χ1) is 21.8. The number of hydrogen-bond donors (Lipinski definition) is 1. The average Bonchev–Trinajstić information content (AvgIpc) is 3.02. The second-order valence-corrected chi connectivity index (χ2v) is 14.4. The van der Waals surface area contributed by atoms with Gasteiger partial charge in [0.2, 0.25) is 11.8 Å². The zero-order valence-electron chi connectivity index (χ0n) is 27.0. The fourth-order valence-electron chi connectivity index (χ4n) is 5.09. The molecular weight excluding hydrogens is 618 g/mol. The van der Waals surface area contributed by atoms with Crippen LogP contribution < -0.4 is 9.62 Å². The van der Waals surface area contributed by atoms with Crippen LogP contribution in [0.3, 0.4) is 0 Å². The molecular formula is C37H42ClN3O4S. The lowest BCUT2D eigenvalue weighted by Gasteiger charge is -2.34. The lowest BCUT2D eigenvalue weighted by Crippen LogP contribution is -2.53. The minimum absolute atomic E-state index is 0.0448. The molecule has 4 aromatic carbocycles. The molecule has 0 radical (unpaired) electrons. The van der Waals surface area contributed by atoms with E-state index in [1.165, 1.54) is 17.0 Å². The van der Waals surface area contributed by atoms with Gasteiger partial charge >= 0.3 is 0 Å². The van der Waals surface area contributed by atoms with Crippen LogP contribution in [-0.4, -0.2) is 44.3 Å². The summed E-state index contributed by atoms with van der Waals surface area (Å²) in [6.07, 6.45) is 0.253. The highest BCUT2D eigenvalue weighted by atomic mass is 35.5. The van der Waals surface area contributed by atoms with E-state index in [0.717, 1.165) is 32.1 Å². The fourth-order valence-corrected chi connectivity index (χ4v) is 6.67. The van der Waals surface area contributed by atoms with E-state index in [1.54, 1.807) is 30.3 Å². The summed E-state index contributed by atoms with van der Waals surface area (Å²) in [7, 11) is -4.21. The first-order valence-electron chi connectivity index (χ1n) is 15.4. The number of sulfonamides is 1. The Morgan fingerprint density at radius 2 is 1.48 bits per heavy atom. The topological polar surface area (TPSA) is 86.8 Å². The summed E-state index contributed by atoms with van der Waals surface area (Å²) in [5.41, 5.74) is 4.64. The van der Waals surface area contributed by atoms with E-state index in [4.69, 9.17) is 11.6 Å². The van der Waals surface area contributed by atoms with Crippen LogP contribution in [0.15, 0.2) is 102 Å². The van der Waals surface area contributed by atoms with Crippen LogP contribution in [0.1, 0.15) is 41.7 Å². The molecule has 242 valence electrons. The second kappa shape index (κ2) is 15.4. The molecule has 1 N–H and O–H groups in total. The highest BCUT2D eigenvalue weighted by molar-refractivity contribution is 7.92. The van der Waals surface area contributed by atoms with Crippen LogP contribution in [0.25, 0.3) is 0 Å². The predicted octanol–water partition coefficient (Wildman–Crippen LogP) is 6.87. The number of amides is 2. The first kappa shape index (κ1) is 34.7. The van der Waals surface area contributed by atoms with Crippen LogP contribution in [0.5, 0.6) is 0 Å². The van der Waals surface area contributed by atoms with Crippen molar-refractivity contribution in [3.8, 4) is 0 Å². The molecule has 0 aliphatic carbocycles. The summed E-state index contributed by atoms with van der Waals surface area (Å²) < 4.78 is 29.5. The molecule has 0 bridgehead atoms. The van der Waals surface area contributed by atoms with Crippen molar-refractivity contribution in [1.82, 2.24) is 10.2 Å². The molecule has 0 aliphatic rings. The Balaban J connectivity index is 1.82. The number of aryl methyl sites for hydroxylation is 3. The summed E-state index contributed by atoms with van der Waals surface area (Å²) >= 11 is 6.47. The van der Waals surface area contributed by atoms with Crippen molar-refractivity contribution in [3.05, 3.63) is 130 Å². The maximum atomic E-state index is 14.6. The summed E-state index contributed by atoms with van der Waals surface area (Å²) in [5, 5.41) is 3.39. The zero-order valence-corrected chi connectivity index (χ0v) is 28.6. The van der Waals surface area contributed by atoms with Gasteiger partial charge in [-0.1, -0.05) is 109 Å². The van der Waals surface area contributed by atoms with Gasteiger partial charge in [0.15, 0.2) is 0 Å². The highest BCUT2D eigenvalue weighted by Crippen LogP contribution is 2.29. The van der Waals surface area contributed by atoms with E-state index >= 15 is 0 Å². The van der Waals surface area contributed by atoms with Crippen molar-refractivity contribution in [3.63, 3.8) is 0 Å². The molecule has 4 rings (SSSR count). The van der Waals surface area contributed by atoms with E-state index in [0.29, 0.717) is 11.6 Å². The summed E-state index contributed by atoms with van der Waals surface area (Å²) in [4.78, 5) is 30.0. The van der Waals surface area contributed by atoms with E-state index in [2.05, 4.69) is 5.32 Å². The van der Waals surface area contributed by atoms with Crippen molar-refractivity contribution in [2.75, 3.05) is 17.4 Å². The Morgan fingerprint density at radius 1 is 0.804 bits per heavy atom. The van der Waals surface area contributed by atoms with Crippen LogP contribution >= 0.6 is 11.6 Å². The van der Waals surface area contributed by atoms with Gasteiger partial charge in [-0.05, 0) is 67.6 Å². The quantitative estimate of drug-likeness (QED) is 0.170. The normalized spacial score (nSPS) is 12.1. The van der Waals surface area contributed by atoms with Gasteiger partial charge in [0.05, 0.1) is 10.6 Å². The fraction of sp³-hybridized carbons (Fsp3) is 0.297. The van der Waals surface area contributed by atoms with Gasteiger partial charge in [-0.3, -0.25) is 13.9 Å². The standard InChI is InChI=1S/C37H42ClN3O4S/c1-26(2)23-39-37(43)35(21-30-11-7-6-8-12-30)40(24-31-13-9-10-28(4)20-31)36(42)25-41(32-17-16-29(5)34(38)22-32)46(44,45)33-18-14-27(3)15-19-33/h6-20,22,26,35H,21,23-25H2,1-5H3,(H,39,43)/t35-/m0/s1. The van der Waals surface area contributed by atoms with Gasteiger partial charge < -0.3 is 10.2 Å². The molecule has 0 aliphatic heterocycles. The molecule has 2 amide bonds. The third-order valence-corrected chi connectivity index (χ3v) is 9.92. The number of benzene rings is 4. The second-order valence-electron chi connectivity index (χ2n) is 12.1. The lowest BCUT2D eigenvalue weighted by atomic mass is 10.0. The third kappa shape index (κ3) is 8.98. The molecule has 4 aromatic rings. The SMILES string of the molecule is Cc1ccc(S(=O)(=O)N(CC(=O)N(Cc2cccc(C)c2)[C@@H](Cc2ccccc2)C(=O)NCC(C)C)c2ccc(C)c(Cl)c2)cc1. The average molecular weight is 660 g/mol.